The van der Waals surface area contributed by atoms with E-state index < -0.39 is 0 Å². The van der Waals surface area contributed by atoms with Crippen LogP contribution in [0.15, 0.2) is 12.1 Å². The lowest BCUT2D eigenvalue weighted by molar-refractivity contribution is 0.214. The standard InChI is InChI=1S/C14H23N3O2/c1-9(2)5-12(8-18)16-14(19)17-13-7-10(3)6-11(4)15-13/h6-7,9,12,18H,5,8H2,1-4H3,(H2,15,16,17,19)/t12-/m0/s1. The van der Waals surface area contributed by atoms with E-state index in [-0.39, 0.29) is 18.7 Å². The lowest BCUT2D eigenvalue weighted by atomic mass is 10.0. The molecule has 0 spiro atoms. The highest BCUT2D eigenvalue weighted by molar-refractivity contribution is 5.88. The van der Waals surface area contributed by atoms with Crippen molar-refractivity contribution >= 4 is 11.8 Å². The van der Waals surface area contributed by atoms with E-state index in [1.165, 1.54) is 0 Å². The maximum absolute atomic E-state index is 11.8. The van der Waals surface area contributed by atoms with Gasteiger partial charge in [-0.25, -0.2) is 9.78 Å². The van der Waals surface area contributed by atoms with Crippen molar-refractivity contribution in [2.24, 2.45) is 5.92 Å². The number of nitrogens with zero attached hydrogens (tertiary/aromatic N) is 1. The normalized spacial score (nSPS) is 12.3. The Hall–Kier alpha value is -1.62. The lowest BCUT2D eigenvalue weighted by Crippen LogP contribution is -2.41. The summed E-state index contributed by atoms with van der Waals surface area (Å²) in [6.07, 6.45) is 0.740. The fourth-order valence-corrected chi connectivity index (χ4v) is 1.99. The molecule has 1 aromatic heterocycles. The minimum absolute atomic E-state index is 0.0636. The van der Waals surface area contributed by atoms with Crippen LogP contribution in [0.4, 0.5) is 10.6 Å². The minimum atomic E-state index is -0.336. The molecule has 0 unspecified atom stereocenters. The van der Waals surface area contributed by atoms with Gasteiger partial charge in [0.2, 0.25) is 0 Å². The molecule has 3 N–H and O–H groups in total. The summed E-state index contributed by atoms with van der Waals surface area (Å²) in [7, 11) is 0. The van der Waals surface area contributed by atoms with Gasteiger partial charge in [-0.15, -0.1) is 0 Å². The number of nitrogens with one attached hydrogen (secondary N) is 2. The molecule has 0 fully saturated rings. The highest BCUT2D eigenvalue weighted by atomic mass is 16.3. The van der Waals surface area contributed by atoms with E-state index in [1.54, 1.807) is 0 Å². The van der Waals surface area contributed by atoms with Gasteiger partial charge in [-0.3, -0.25) is 5.32 Å². The number of hydrogen-bond acceptors (Lipinski definition) is 3. The molecule has 0 saturated carbocycles. The summed E-state index contributed by atoms with van der Waals surface area (Å²) < 4.78 is 0. The number of anilines is 1. The van der Waals surface area contributed by atoms with E-state index in [2.05, 4.69) is 15.6 Å². The van der Waals surface area contributed by atoms with Crippen LogP contribution in [0.2, 0.25) is 0 Å². The van der Waals surface area contributed by atoms with Crippen LogP contribution in [0.1, 0.15) is 31.5 Å². The first-order valence-electron chi connectivity index (χ1n) is 6.54. The van der Waals surface area contributed by atoms with Crippen molar-refractivity contribution in [1.29, 1.82) is 0 Å². The van der Waals surface area contributed by atoms with E-state index >= 15 is 0 Å². The minimum Gasteiger partial charge on any atom is -0.394 e. The number of amides is 2. The Morgan fingerprint density at radius 3 is 2.58 bits per heavy atom. The first kappa shape index (κ1) is 15.4. The van der Waals surface area contributed by atoms with Crippen LogP contribution in [0.5, 0.6) is 0 Å². The molecule has 5 heteroatoms. The summed E-state index contributed by atoms with van der Waals surface area (Å²) in [6.45, 7) is 7.87. The zero-order valence-corrected chi connectivity index (χ0v) is 12.0. The van der Waals surface area contributed by atoms with Crippen LogP contribution >= 0.6 is 0 Å². The van der Waals surface area contributed by atoms with Crippen molar-refractivity contribution in [3.05, 3.63) is 23.4 Å². The van der Waals surface area contributed by atoms with Gasteiger partial charge in [-0.05, 0) is 43.9 Å². The number of pyridine rings is 1. The van der Waals surface area contributed by atoms with Gasteiger partial charge in [-0.2, -0.15) is 0 Å². The molecule has 0 saturated heterocycles. The van der Waals surface area contributed by atoms with Gasteiger partial charge in [0.1, 0.15) is 5.82 Å². The van der Waals surface area contributed by atoms with Gasteiger partial charge in [0.25, 0.3) is 0 Å². The second-order valence-electron chi connectivity index (χ2n) is 5.28. The van der Waals surface area contributed by atoms with Crippen LogP contribution in [-0.2, 0) is 0 Å². The van der Waals surface area contributed by atoms with Crippen LogP contribution in [-0.4, -0.2) is 28.8 Å². The Morgan fingerprint density at radius 2 is 2.05 bits per heavy atom. The number of aliphatic hydroxyl groups excluding tert-OH is 1. The Bertz CT molecular complexity index is 412. The van der Waals surface area contributed by atoms with Crippen molar-refractivity contribution in [1.82, 2.24) is 10.3 Å². The number of carbonyl (C=O) groups is 1. The molecular weight excluding hydrogens is 242 g/mol. The third-order valence-corrected chi connectivity index (χ3v) is 2.65. The monoisotopic (exact) mass is 265 g/mol. The average molecular weight is 265 g/mol. The molecule has 0 radical (unpaired) electrons. The molecule has 0 aliphatic rings. The maximum atomic E-state index is 11.8. The smallest absolute Gasteiger partial charge is 0.320 e. The second-order valence-corrected chi connectivity index (χ2v) is 5.28. The number of aromatic nitrogens is 1. The summed E-state index contributed by atoms with van der Waals surface area (Å²) in [4.78, 5) is 16.0. The first-order valence-corrected chi connectivity index (χ1v) is 6.54. The van der Waals surface area contributed by atoms with Gasteiger partial charge >= 0.3 is 6.03 Å². The Morgan fingerprint density at radius 1 is 1.37 bits per heavy atom. The molecule has 1 atom stereocenters. The van der Waals surface area contributed by atoms with Gasteiger partial charge in [0.05, 0.1) is 12.6 Å². The van der Waals surface area contributed by atoms with Crippen LogP contribution < -0.4 is 10.6 Å². The summed E-state index contributed by atoms with van der Waals surface area (Å²) in [5.41, 5.74) is 1.90. The van der Waals surface area contributed by atoms with E-state index in [0.29, 0.717) is 11.7 Å². The number of rotatable bonds is 5. The molecule has 106 valence electrons. The third kappa shape index (κ3) is 5.70. The molecule has 0 aliphatic carbocycles. The van der Waals surface area contributed by atoms with Crippen molar-refractivity contribution in [2.45, 2.75) is 40.2 Å². The predicted octanol–water partition coefficient (Wildman–Crippen LogP) is 2.23. The average Bonchev–Trinajstić information content (AvgIpc) is 2.25. The second kappa shape index (κ2) is 7.09. The van der Waals surface area contributed by atoms with E-state index in [9.17, 15) is 9.90 Å². The molecule has 19 heavy (non-hydrogen) atoms. The highest BCUT2D eigenvalue weighted by Crippen LogP contribution is 2.09. The van der Waals surface area contributed by atoms with Crippen LogP contribution in [0, 0.1) is 19.8 Å². The van der Waals surface area contributed by atoms with Gasteiger partial charge in [0, 0.05) is 5.69 Å². The largest absolute Gasteiger partial charge is 0.394 e. The predicted molar refractivity (Wildman–Crippen MR) is 76.2 cm³/mol. The number of hydrogen-bond donors (Lipinski definition) is 3. The fraction of sp³-hybridized carbons (Fsp3) is 0.571. The molecule has 1 heterocycles. The topological polar surface area (TPSA) is 74.2 Å². The number of carbonyl (C=O) groups excluding carboxylic acids is 1. The molecule has 5 nitrogen and oxygen atoms in total. The fourth-order valence-electron chi connectivity index (χ4n) is 1.99. The van der Waals surface area contributed by atoms with Crippen molar-refractivity contribution in [3.63, 3.8) is 0 Å². The Balaban J connectivity index is 2.58. The zero-order chi connectivity index (χ0) is 14.4. The van der Waals surface area contributed by atoms with Crippen LogP contribution in [0.3, 0.4) is 0 Å². The third-order valence-electron chi connectivity index (χ3n) is 2.65. The first-order chi connectivity index (χ1) is 8.90. The Kier molecular flexibility index (Phi) is 5.76. The quantitative estimate of drug-likeness (QED) is 0.764. The lowest BCUT2D eigenvalue weighted by Gasteiger charge is -2.18. The highest BCUT2D eigenvalue weighted by Gasteiger charge is 2.13. The van der Waals surface area contributed by atoms with Crippen LogP contribution in [0.25, 0.3) is 0 Å². The molecule has 2 amide bonds. The number of aryl methyl sites for hydroxylation is 2. The van der Waals surface area contributed by atoms with E-state index in [0.717, 1.165) is 17.7 Å². The summed E-state index contributed by atoms with van der Waals surface area (Å²) in [5.74, 6) is 0.938. The summed E-state index contributed by atoms with van der Waals surface area (Å²) in [5, 5.41) is 14.7. The number of aliphatic hydroxyl groups is 1. The SMILES string of the molecule is Cc1cc(C)nc(NC(=O)N[C@H](CO)CC(C)C)c1. The molecular formula is C14H23N3O2. The molecule has 1 aromatic rings. The Labute approximate surface area is 114 Å². The molecule has 0 aromatic carbocycles. The van der Waals surface area contributed by atoms with Crippen molar-refractivity contribution in [3.8, 4) is 0 Å². The van der Waals surface area contributed by atoms with Crippen molar-refractivity contribution in [2.75, 3.05) is 11.9 Å². The van der Waals surface area contributed by atoms with E-state index in [1.807, 2.05) is 39.8 Å². The number of urea groups is 1. The molecule has 0 bridgehead atoms. The van der Waals surface area contributed by atoms with Gasteiger partial charge in [-0.1, -0.05) is 13.8 Å². The molecule has 0 aliphatic heterocycles. The summed E-state index contributed by atoms with van der Waals surface area (Å²) in [6, 6.07) is 3.18. The maximum Gasteiger partial charge on any atom is 0.320 e. The van der Waals surface area contributed by atoms with Gasteiger partial charge in [0.15, 0.2) is 0 Å². The summed E-state index contributed by atoms with van der Waals surface area (Å²) >= 11 is 0. The molecule has 1 rings (SSSR count). The van der Waals surface area contributed by atoms with Crippen molar-refractivity contribution < 1.29 is 9.90 Å². The van der Waals surface area contributed by atoms with E-state index in [4.69, 9.17) is 0 Å². The zero-order valence-electron chi connectivity index (χ0n) is 12.0. The van der Waals surface area contributed by atoms with Gasteiger partial charge < -0.3 is 10.4 Å².